The molecule has 21 heavy (non-hydrogen) atoms. The summed E-state index contributed by atoms with van der Waals surface area (Å²) in [6, 6.07) is -0.452. The lowest BCUT2D eigenvalue weighted by Crippen LogP contribution is -2.48. The van der Waals surface area contributed by atoms with Gasteiger partial charge in [0, 0.05) is 25.5 Å². The third-order valence-corrected chi connectivity index (χ3v) is 3.93. The Kier molecular flexibility index (Phi) is 4.77. The zero-order valence-electron chi connectivity index (χ0n) is 12.4. The van der Waals surface area contributed by atoms with Crippen LogP contribution in [0.2, 0.25) is 5.15 Å². The summed E-state index contributed by atoms with van der Waals surface area (Å²) in [6.45, 7) is 3.85. The fourth-order valence-corrected chi connectivity index (χ4v) is 2.41. The number of aromatic nitrogens is 2. The fourth-order valence-electron chi connectivity index (χ4n) is 2.22. The standard InChI is InChI=1S/C14H19ClN4O2/c1-4-5-10-17-12(15)8(2)13(18-10)16-9-6-7-11(20)19(3)14(9)21/h9H,4-7H2,1-3H3,(H,16,17,18). The highest BCUT2D eigenvalue weighted by molar-refractivity contribution is 6.30. The summed E-state index contributed by atoms with van der Waals surface area (Å²) >= 11 is 6.12. The molecule has 7 heteroatoms. The van der Waals surface area contributed by atoms with Gasteiger partial charge in [-0.3, -0.25) is 14.5 Å². The number of carbonyl (C=O) groups excluding carboxylic acids is 2. The third-order valence-electron chi connectivity index (χ3n) is 3.57. The van der Waals surface area contributed by atoms with E-state index in [0.29, 0.717) is 35.2 Å². The summed E-state index contributed by atoms with van der Waals surface area (Å²) in [5.41, 5.74) is 0.712. The molecule has 6 nitrogen and oxygen atoms in total. The maximum atomic E-state index is 12.1. The third kappa shape index (κ3) is 3.32. The Morgan fingerprint density at radius 2 is 2.10 bits per heavy atom. The second kappa shape index (κ2) is 6.39. The van der Waals surface area contributed by atoms with Crippen LogP contribution in [0.5, 0.6) is 0 Å². The van der Waals surface area contributed by atoms with Crippen LogP contribution in [-0.4, -0.2) is 39.8 Å². The number of likely N-dealkylation sites (tertiary alicyclic amines) is 1. The van der Waals surface area contributed by atoms with Crippen molar-refractivity contribution in [2.24, 2.45) is 0 Å². The van der Waals surface area contributed by atoms with Gasteiger partial charge in [0.1, 0.15) is 22.8 Å². The molecule has 0 aromatic carbocycles. The molecule has 2 rings (SSSR count). The van der Waals surface area contributed by atoms with Gasteiger partial charge in [0.2, 0.25) is 5.91 Å². The van der Waals surface area contributed by atoms with Crippen molar-refractivity contribution in [2.45, 2.75) is 45.6 Å². The molecule has 1 fully saturated rings. The molecule has 0 bridgehead atoms. The van der Waals surface area contributed by atoms with E-state index in [1.54, 1.807) is 0 Å². The highest BCUT2D eigenvalue weighted by Gasteiger charge is 2.32. The Labute approximate surface area is 128 Å². The minimum atomic E-state index is -0.452. The lowest BCUT2D eigenvalue weighted by molar-refractivity contribution is -0.146. The Morgan fingerprint density at radius 1 is 1.38 bits per heavy atom. The largest absolute Gasteiger partial charge is 0.358 e. The normalized spacial score (nSPS) is 19.0. The van der Waals surface area contributed by atoms with Crippen LogP contribution in [0, 0.1) is 6.92 Å². The average Bonchev–Trinajstić information content (AvgIpc) is 2.45. The number of halogens is 1. The summed E-state index contributed by atoms with van der Waals surface area (Å²) in [5, 5.41) is 3.50. The van der Waals surface area contributed by atoms with Crippen molar-refractivity contribution < 1.29 is 9.59 Å². The van der Waals surface area contributed by atoms with Crippen molar-refractivity contribution in [3.05, 3.63) is 16.5 Å². The van der Waals surface area contributed by atoms with Crippen LogP contribution in [-0.2, 0) is 16.0 Å². The van der Waals surface area contributed by atoms with E-state index in [-0.39, 0.29) is 11.8 Å². The van der Waals surface area contributed by atoms with Gasteiger partial charge in [0.25, 0.3) is 5.91 Å². The minimum Gasteiger partial charge on any atom is -0.358 e. The van der Waals surface area contributed by atoms with Crippen molar-refractivity contribution in [2.75, 3.05) is 12.4 Å². The molecule has 1 N–H and O–H groups in total. The molecule has 0 radical (unpaired) electrons. The fraction of sp³-hybridized carbons (Fsp3) is 0.571. The second-order valence-corrected chi connectivity index (χ2v) is 5.54. The topological polar surface area (TPSA) is 75.2 Å². The van der Waals surface area contributed by atoms with Crippen molar-refractivity contribution in [3.8, 4) is 0 Å². The van der Waals surface area contributed by atoms with E-state index in [9.17, 15) is 9.59 Å². The van der Waals surface area contributed by atoms with Crippen LogP contribution >= 0.6 is 11.6 Å². The van der Waals surface area contributed by atoms with Crippen LogP contribution in [0.3, 0.4) is 0 Å². The van der Waals surface area contributed by atoms with E-state index in [2.05, 4.69) is 15.3 Å². The summed E-state index contributed by atoms with van der Waals surface area (Å²) in [4.78, 5) is 33.4. The van der Waals surface area contributed by atoms with E-state index in [1.807, 2.05) is 13.8 Å². The number of rotatable bonds is 4. The summed E-state index contributed by atoms with van der Waals surface area (Å²) in [6.07, 6.45) is 2.45. The lowest BCUT2D eigenvalue weighted by Gasteiger charge is -2.29. The van der Waals surface area contributed by atoms with Gasteiger partial charge < -0.3 is 5.32 Å². The number of aryl methyl sites for hydroxylation is 1. The van der Waals surface area contributed by atoms with E-state index in [4.69, 9.17) is 11.6 Å². The van der Waals surface area contributed by atoms with Crippen molar-refractivity contribution in [1.29, 1.82) is 0 Å². The van der Waals surface area contributed by atoms with E-state index in [0.717, 1.165) is 17.7 Å². The second-order valence-electron chi connectivity index (χ2n) is 5.18. The Morgan fingerprint density at radius 3 is 2.76 bits per heavy atom. The molecule has 1 saturated heterocycles. The van der Waals surface area contributed by atoms with E-state index >= 15 is 0 Å². The maximum absolute atomic E-state index is 12.1. The first-order valence-corrected chi connectivity index (χ1v) is 7.41. The minimum absolute atomic E-state index is 0.151. The molecule has 114 valence electrons. The summed E-state index contributed by atoms with van der Waals surface area (Å²) in [5.74, 6) is 0.836. The summed E-state index contributed by atoms with van der Waals surface area (Å²) in [7, 11) is 1.50. The molecule has 0 saturated carbocycles. The number of amides is 2. The molecule has 1 aliphatic rings. The van der Waals surface area contributed by atoms with Crippen LogP contribution in [0.1, 0.15) is 37.6 Å². The number of piperidine rings is 1. The number of nitrogens with one attached hydrogen (secondary N) is 1. The van der Waals surface area contributed by atoms with E-state index in [1.165, 1.54) is 7.05 Å². The highest BCUT2D eigenvalue weighted by atomic mass is 35.5. The van der Waals surface area contributed by atoms with Crippen LogP contribution in [0.15, 0.2) is 0 Å². The SMILES string of the molecule is CCCc1nc(Cl)c(C)c(NC2CCC(=O)N(C)C2=O)n1. The molecule has 0 aliphatic carbocycles. The predicted molar refractivity (Wildman–Crippen MR) is 80.2 cm³/mol. The van der Waals surface area contributed by atoms with Gasteiger partial charge in [-0.25, -0.2) is 9.97 Å². The quantitative estimate of drug-likeness (QED) is 0.679. The zero-order chi connectivity index (χ0) is 15.6. The van der Waals surface area contributed by atoms with E-state index < -0.39 is 6.04 Å². The van der Waals surface area contributed by atoms with Crippen molar-refractivity contribution >= 4 is 29.2 Å². The van der Waals surface area contributed by atoms with Gasteiger partial charge in [-0.05, 0) is 19.8 Å². The number of hydrogen-bond acceptors (Lipinski definition) is 5. The first kappa shape index (κ1) is 15.7. The van der Waals surface area contributed by atoms with Crippen molar-refractivity contribution in [1.82, 2.24) is 14.9 Å². The number of imide groups is 1. The molecule has 1 aliphatic heterocycles. The van der Waals surface area contributed by atoms with Crippen LogP contribution in [0.4, 0.5) is 5.82 Å². The predicted octanol–water partition coefficient (Wildman–Crippen LogP) is 1.95. The van der Waals surface area contributed by atoms with Gasteiger partial charge in [-0.1, -0.05) is 18.5 Å². The molecule has 2 heterocycles. The molecular formula is C14H19ClN4O2. The maximum Gasteiger partial charge on any atom is 0.251 e. The smallest absolute Gasteiger partial charge is 0.251 e. The van der Waals surface area contributed by atoms with Crippen LogP contribution < -0.4 is 5.32 Å². The van der Waals surface area contributed by atoms with Gasteiger partial charge in [0.15, 0.2) is 0 Å². The first-order valence-electron chi connectivity index (χ1n) is 7.04. The number of nitrogens with zero attached hydrogens (tertiary/aromatic N) is 3. The molecule has 1 atom stereocenters. The van der Waals surface area contributed by atoms with Gasteiger partial charge in [0.05, 0.1) is 0 Å². The number of anilines is 1. The first-order chi connectivity index (χ1) is 9.93. The van der Waals surface area contributed by atoms with Gasteiger partial charge in [-0.2, -0.15) is 0 Å². The molecule has 1 aromatic heterocycles. The lowest BCUT2D eigenvalue weighted by atomic mass is 10.0. The number of likely N-dealkylation sites (N-methyl/N-ethyl adjacent to an activating group) is 1. The Balaban J connectivity index is 2.22. The van der Waals surface area contributed by atoms with Gasteiger partial charge >= 0.3 is 0 Å². The molecule has 1 unspecified atom stereocenters. The molecular weight excluding hydrogens is 292 g/mol. The molecule has 0 spiro atoms. The number of hydrogen-bond donors (Lipinski definition) is 1. The monoisotopic (exact) mass is 310 g/mol. The molecule has 1 aromatic rings. The molecule has 2 amide bonds. The number of carbonyl (C=O) groups is 2. The van der Waals surface area contributed by atoms with Gasteiger partial charge in [-0.15, -0.1) is 0 Å². The average molecular weight is 311 g/mol. The Hall–Kier alpha value is -1.69. The zero-order valence-corrected chi connectivity index (χ0v) is 13.2. The van der Waals surface area contributed by atoms with Crippen molar-refractivity contribution in [3.63, 3.8) is 0 Å². The van der Waals surface area contributed by atoms with Crippen LogP contribution in [0.25, 0.3) is 0 Å². The Bertz CT molecular complexity index is 576. The highest BCUT2D eigenvalue weighted by Crippen LogP contribution is 2.23. The summed E-state index contributed by atoms with van der Waals surface area (Å²) < 4.78 is 0.